The van der Waals surface area contributed by atoms with Gasteiger partial charge < -0.3 is 5.32 Å². The van der Waals surface area contributed by atoms with E-state index in [1.54, 1.807) is 0 Å². The lowest BCUT2D eigenvalue weighted by Gasteiger charge is -2.48. The Morgan fingerprint density at radius 3 is 1.76 bits per heavy atom. The van der Waals surface area contributed by atoms with Crippen LogP contribution in [-0.4, -0.2) is 18.9 Å². The summed E-state index contributed by atoms with van der Waals surface area (Å²) in [5.41, 5.74) is 2.21. The van der Waals surface area contributed by atoms with Crippen molar-refractivity contribution in [2.75, 3.05) is 13.1 Å². The van der Waals surface area contributed by atoms with Crippen LogP contribution < -0.4 is 5.32 Å². The standard InChI is InChI=1S/C23H29NO/c1-3-20(18-11-7-5-8-12-18)23(17-24-16-15-22(23)25)21(4-2)19-13-9-6-10-14-19/h5-14,20-21,24H,3-4,15-17H2,1-2H3. The number of nitrogens with one attached hydrogen (secondary N) is 1. The van der Waals surface area contributed by atoms with E-state index in [4.69, 9.17) is 0 Å². The fraction of sp³-hybridized carbons (Fsp3) is 0.435. The molecule has 132 valence electrons. The molecule has 1 N–H and O–H groups in total. The van der Waals surface area contributed by atoms with Gasteiger partial charge in [0.05, 0.1) is 5.41 Å². The van der Waals surface area contributed by atoms with Crippen molar-refractivity contribution < 1.29 is 4.79 Å². The van der Waals surface area contributed by atoms with Crippen molar-refractivity contribution in [3.63, 3.8) is 0 Å². The number of ketones is 1. The summed E-state index contributed by atoms with van der Waals surface area (Å²) in [6.07, 6.45) is 2.58. The lowest BCUT2D eigenvalue weighted by Crippen LogP contribution is -2.54. The third-order valence-corrected chi connectivity index (χ3v) is 5.93. The van der Waals surface area contributed by atoms with Crippen molar-refractivity contribution >= 4 is 5.78 Å². The highest BCUT2D eigenvalue weighted by Gasteiger charge is 2.51. The highest BCUT2D eigenvalue weighted by molar-refractivity contribution is 5.88. The fourth-order valence-corrected chi connectivity index (χ4v) is 4.87. The van der Waals surface area contributed by atoms with Gasteiger partial charge in [-0.3, -0.25) is 4.79 Å². The molecule has 2 unspecified atom stereocenters. The lowest BCUT2D eigenvalue weighted by molar-refractivity contribution is -0.133. The molecule has 2 atom stereocenters. The number of carbonyl (C=O) groups is 1. The summed E-state index contributed by atoms with van der Waals surface area (Å²) in [5, 5.41) is 3.55. The van der Waals surface area contributed by atoms with Gasteiger partial charge in [0, 0.05) is 19.5 Å². The SMILES string of the molecule is CCC(c1ccccc1)C1(C(CC)c2ccccc2)CNCCC1=O. The van der Waals surface area contributed by atoms with Crippen molar-refractivity contribution in [2.45, 2.75) is 44.9 Å². The van der Waals surface area contributed by atoms with Crippen LogP contribution in [0.15, 0.2) is 60.7 Å². The van der Waals surface area contributed by atoms with Gasteiger partial charge in [-0.1, -0.05) is 74.5 Å². The van der Waals surface area contributed by atoms with E-state index in [0.29, 0.717) is 12.2 Å². The van der Waals surface area contributed by atoms with Crippen molar-refractivity contribution in [3.05, 3.63) is 71.8 Å². The molecule has 2 heteroatoms. The van der Waals surface area contributed by atoms with Crippen LogP contribution in [0.5, 0.6) is 0 Å². The first-order valence-electron chi connectivity index (χ1n) is 9.58. The van der Waals surface area contributed by atoms with Gasteiger partial charge in [0.25, 0.3) is 0 Å². The second-order valence-electron chi connectivity index (χ2n) is 7.13. The smallest absolute Gasteiger partial charge is 0.142 e. The highest BCUT2D eigenvalue weighted by Crippen LogP contribution is 2.52. The van der Waals surface area contributed by atoms with Gasteiger partial charge in [-0.25, -0.2) is 0 Å². The minimum Gasteiger partial charge on any atom is -0.315 e. The zero-order chi connectivity index (χ0) is 17.7. The minimum atomic E-state index is -0.371. The predicted octanol–water partition coefficient (Wildman–Crippen LogP) is 4.92. The quantitative estimate of drug-likeness (QED) is 0.811. The Kier molecular flexibility index (Phi) is 5.70. The molecule has 1 fully saturated rings. The summed E-state index contributed by atoms with van der Waals surface area (Å²) in [6, 6.07) is 21.2. The second-order valence-corrected chi connectivity index (χ2v) is 7.13. The molecule has 0 aliphatic carbocycles. The minimum absolute atomic E-state index is 0.235. The van der Waals surface area contributed by atoms with E-state index in [1.165, 1.54) is 11.1 Å². The van der Waals surface area contributed by atoms with E-state index in [2.05, 4.69) is 79.8 Å². The summed E-state index contributed by atoms with van der Waals surface area (Å²) in [4.78, 5) is 13.4. The van der Waals surface area contributed by atoms with Crippen LogP contribution in [0.1, 0.15) is 56.1 Å². The molecule has 0 saturated carbocycles. The summed E-state index contributed by atoms with van der Waals surface area (Å²) in [5.74, 6) is 0.899. The Labute approximate surface area is 151 Å². The van der Waals surface area contributed by atoms with E-state index < -0.39 is 0 Å². The number of piperidine rings is 1. The first-order chi connectivity index (χ1) is 12.2. The number of carbonyl (C=O) groups excluding carboxylic acids is 1. The first kappa shape index (κ1) is 17.9. The predicted molar refractivity (Wildman–Crippen MR) is 104 cm³/mol. The molecule has 1 aliphatic rings. The van der Waals surface area contributed by atoms with Crippen molar-refractivity contribution in [1.82, 2.24) is 5.32 Å². The van der Waals surface area contributed by atoms with E-state index >= 15 is 0 Å². The van der Waals surface area contributed by atoms with Gasteiger partial charge in [0.15, 0.2) is 0 Å². The average molecular weight is 335 g/mol. The Balaban J connectivity index is 2.14. The summed E-state index contributed by atoms with van der Waals surface area (Å²) in [6.45, 7) is 6.02. The van der Waals surface area contributed by atoms with Crippen LogP contribution in [-0.2, 0) is 4.79 Å². The number of hydrogen-bond acceptors (Lipinski definition) is 2. The molecule has 0 radical (unpaired) electrons. The third-order valence-electron chi connectivity index (χ3n) is 5.93. The molecule has 1 aliphatic heterocycles. The maximum absolute atomic E-state index is 13.4. The van der Waals surface area contributed by atoms with Crippen LogP contribution in [0.2, 0.25) is 0 Å². The first-order valence-corrected chi connectivity index (χ1v) is 9.58. The van der Waals surface area contributed by atoms with Crippen molar-refractivity contribution in [2.24, 2.45) is 5.41 Å². The van der Waals surface area contributed by atoms with Crippen LogP contribution in [0.3, 0.4) is 0 Å². The second kappa shape index (κ2) is 7.97. The van der Waals surface area contributed by atoms with Crippen molar-refractivity contribution in [1.29, 1.82) is 0 Å². The van der Waals surface area contributed by atoms with Gasteiger partial charge in [0.2, 0.25) is 0 Å². The third kappa shape index (κ3) is 3.28. The van der Waals surface area contributed by atoms with Gasteiger partial charge in [0.1, 0.15) is 5.78 Å². The molecule has 25 heavy (non-hydrogen) atoms. The van der Waals surface area contributed by atoms with Gasteiger partial charge in [-0.05, 0) is 35.8 Å². The van der Waals surface area contributed by atoms with E-state index in [1.807, 2.05) is 0 Å². The monoisotopic (exact) mass is 335 g/mol. The summed E-state index contributed by atoms with van der Waals surface area (Å²) in [7, 11) is 0. The molecule has 0 aromatic heterocycles. The zero-order valence-corrected chi connectivity index (χ0v) is 15.4. The molecule has 0 amide bonds. The fourth-order valence-electron chi connectivity index (χ4n) is 4.87. The number of Topliss-reactive ketones (excluding diaryl/α,β-unsaturated/α-hetero) is 1. The molecule has 0 bridgehead atoms. The molecule has 3 rings (SSSR count). The Morgan fingerprint density at radius 2 is 1.36 bits per heavy atom. The van der Waals surface area contributed by atoms with Crippen LogP contribution >= 0.6 is 0 Å². The number of rotatable bonds is 6. The Bertz CT molecular complexity index is 632. The summed E-state index contributed by atoms with van der Waals surface area (Å²) < 4.78 is 0. The van der Waals surface area contributed by atoms with E-state index in [-0.39, 0.29) is 17.3 Å². The largest absolute Gasteiger partial charge is 0.315 e. The molecular formula is C23H29NO. The van der Waals surface area contributed by atoms with Crippen LogP contribution in [0.25, 0.3) is 0 Å². The topological polar surface area (TPSA) is 29.1 Å². The highest BCUT2D eigenvalue weighted by atomic mass is 16.1. The molecule has 1 heterocycles. The van der Waals surface area contributed by atoms with Gasteiger partial charge in [-0.2, -0.15) is 0 Å². The van der Waals surface area contributed by atoms with E-state index in [0.717, 1.165) is 25.9 Å². The van der Waals surface area contributed by atoms with Crippen LogP contribution in [0.4, 0.5) is 0 Å². The Morgan fingerprint density at radius 1 is 0.880 bits per heavy atom. The molecule has 2 nitrogen and oxygen atoms in total. The van der Waals surface area contributed by atoms with Crippen LogP contribution in [0, 0.1) is 5.41 Å². The van der Waals surface area contributed by atoms with E-state index in [9.17, 15) is 4.79 Å². The molecule has 0 spiro atoms. The average Bonchev–Trinajstić information content (AvgIpc) is 2.67. The maximum atomic E-state index is 13.4. The number of hydrogen-bond donors (Lipinski definition) is 1. The zero-order valence-electron chi connectivity index (χ0n) is 15.4. The molecular weight excluding hydrogens is 306 g/mol. The summed E-state index contributed by atoms with van der Waals surface area (Å²) >= 11 is 0. The molecule has 2 aromatic rings. The molecule has 2 aromatic carbocycles. The van der Waals surface area contributed by atoms with Gasteiger partial charge in [-0.15, -0.1) is 0 Å². The van der Waals surface area contributed by atoms with Gasteiger partial charge >= 0.3 is 0 Å². The normalized spacial score (nSPS) is 23.2. The maximum Gasteiger partial charge on any atom is 0.142 e. The molecule has 1 saturated heterocycles. The lowest BCUT2D eigenvalue weighted by atomic mass is 9.57. The van der Waals surface area contributed by atoms with Crippen molar-refractivity contribution in [3.8, 4) is 0 Å². The number of benzene rings is 2. The Hall–Kier alpha value is -1.93.